The van der Waals surface area contributed by atoms with Gasteiger partial charge in [0.1, 0.15) is 0 Å². The van der Waals surface area contributed by atoms with Crippen molar-refractivity contribution in [1.82, 2.24) is 9.80 Å². The lowest BCUT2D eigenvalue weighted by Gasteiger charge is -2.22. The molecule has 1 heterocycles. The van der Waals surface area contributed by atoms with Gasteiger partial charge in [0.05, 0.1) is 0 Å². The van der Waals surface area contributed by atoms with E-state index in [4.69, 9.17) is 0 Å². The molecule has 0 spiro atoms. The number of rotatable bonds is 4. The second kappa shape index (κ2) is 7.97. The maximum Gasteiger partial charge on any atom is 0.222 e. The smallest absolute Gasteiger partial charge is 0.222 e. The quantitative estimate of drug-likeness (QED) is 0.857. The van der Waals surface area contributed by atoms with Crippen LogP contribution in [0.1, 0.15) is 37.3 Å². The molecule has 0 unspecified atom stereocenters. The average molecular weight is 302 g/mol. The third-order valence-corrected chi connectivity index (χ3v) is 4.37. The Hall–Kier alpha value is -1.84. The van der Waals surface area contributed by atoms with Crippen molar-refractivity contribution in [2.75, 3.05) is 26.2 Å². The van der Waals surface area contributed by atoms with Crippen molar-refractivity contribution in [3.63, 3.8) is 0 Å². The van der Waals surface area contributed by atoms with E-state index in [1.54, 1.807) is 0 Å². The molecule has 120 valence electrons. The first-order valence-electron chi connectivity index (χ1n) is 8.22. The summed E-state index contributed by atoms with van der Waals surface area (Å²) in [6, 6.07) is 8.22. The van der Waals surface area contributed by atoms with E-state index in [9.17, 15) is 9.59 Å². The van der Waals surface area contributed by atoms with Crippen molar-refractivity contribution in [2.45, 2.75) is 39.5 Å². The Balaban J connectivity index is 1.85. The van der Waals surface area contributed by atoms with Gasteiger partial charge in [0.15, 0.2) is 0 Å². The van der Waals surface area contributed by atoms with Crippen LogP contribution in [0.15, 0.2) is 24.3 Å². The topological polar surface area (TPSA) is 40.6 Å². The van der Waals surface area contributed by atoms with Gasteiger partial charge in [-0.05, 0) is 30.9 Å². The number of carbonyl (C=O) groups excluding carboxylic acids is 2. The zero-order chi connectivity index (χ0) is 15.9. The van der Waals surface area contributed by atoms with Gasteiger partial charge < -0.3 is 9.80 Å². The lowest BCUT2D eigenvalue weighted by Crippen LogP contribution is -2.37. The Morgan fingerprint density at radius 2 is 1.64 bits per heavy atom. The maximum absolute atomic E-state index is 12.4. The molecule has 0 atom stereocenters. The minimum Gasteiger partial charge on any atom is -0.341 e. The summed E-state index contributed by atoms with van der Waals surface area (Å²) in [5.74, 6) is 0.392. The van der Waals surface area contributed by atoms with Gasteiger partial charge in [-0.1, -0.05) is 31.2 Å². The molecular formula is C18H26N2O2. The van der Waals surface area contributed by atoms with E-state index in [1.807, 2.05) is 28.9 Å². The Morgan fingerprint density at radius 3 is 2.27 bits per heavy atom. The van der Waals surface area contributed by atoms with Crippen molar-refractivity contribution in [1.29, 1.82) is 0 Å². The summed E-state index contributed by atoms with van der Waals surface area (Å²) in [5.41, 5.74) is 2.49. The van der Waals surface area contributed by atoms with E-state index < -0.39 is 0 Å². The van der Waals surface area contributed by atoms with Gasteiger partial charge in [0, 0.05) is 39.0 Å². The first-order valence-corrected chi connectivity index (χ1v) is 8.22. The Labute approximate surface area is 133 Å². The van der Waals surface area contributed by atoms with Crippen LogP contribution in [-0.2, 0) is 16.0 Å². The van der Waals surface area contributed by atoms with Crippen LogP contribution >= 0.6 is 0 Å². The molecule has 2 rings (SSSR count). The highest BCUT2D eigenvalue weighted by atomic mass is 16.2. The Kier molecular flexibility index (Phi) is 5.99. The molecule has 1 aliphatic heterocycles. The number of amides is 2. The normalized spacial score (nSPS) is 15.5. The Morgan fingerprint density at radius 1 is 1.00 bits per heavy atom. The molecule has 4 nitrogen and oxygen atoms in total. The van der Waals surface area contributed by atoms with Crippen LogP contribution in [0.5, 0.6) is 0 Å². The summed E-state index contributed by atoms with van der Waals surface area (Å²) in [7, 11) is 0. The van der Waals surface area contributed by atoms with Crippen molar-refractivity contribution in [3.8, 4) is 0 Å². The molecule has 0 N–H and O–H groups in total. The lowest BCUT2D eigenvalue weighted by molar-refractivity contribution is -0.133. The highest BCUT2D eigenvalue weighted by Crippen LogP contribution is 2.12. The number of benzene rings is 1. The molecule has 22 heavy (non-hydrogen) atoms. The first-order chi connectivity index (χ1) is 10.6. The molecule has 1 saturated heterocycles. The van der Waals surface area contributed by atoms with E-state index in [0.29, 0.717) is 25.9 Å². The minimum absolute atomic E-state index is 0.189. The first kappa shape index (κ1) is 16.5. The fourth-order valence-electron chi connectivity index (χ4n) is 2.93. The molecule has 0 bridgehead atoms. The average Bonchev–Trinajstić information content (AvgIpc) is 2.79. The molecule has 1 aromatic carbocycles. The molecule has 1 aliphatic rings. The molecule has 0 aromatic heterocycles. The number of aryl methyl sites for hydroxylation is 2. The second-order valence-corrected chi connectivity index (χ2v) is 5.90. The van der Waals surface area contributed by atoms with Crippen molar-refractivity contribution >= 4 is 11.8 Å². The third kappa shape index (κ3) is 4.33. The fraction of sp³-hybridized carbons (Fsp3) is 0.556. The SMILES string of the molecule is CCC(=O)N1CCCN(C(=O)CCc2ccccc2C)CC1. The predicted octanol–water partition coefficient (Wildman–Crippen LogP) is 2.40. The van der Waals surface area contributed by atoms with Gasteiger partial charge in [-0.2, -0.15) is 0 Å². The predicted molar refractivity (Wildman–Crippen MR) is 87.6 cm³/mol. The summed E-state index contributed by atoms with van der Waals surface area (Å²) in [4.78, 5) is 28.0. The van der Waals surface area contributed by atoms with Crippen LogP contribution in [0.2, 0.25) is 0 Å². The molecule has 1 fully saturated rings. The van der Waals surface area contributed by atoms with Crippen molar-refractivity contribution in [3.05, 3.63) is 35.4 Å². The molecule has 0 saturated carbocycles. The number of nitrogens with zero attached hydrogens (tertiary/aromatic N) is 2. The van der Waals surface area contributed by atoms with Crippen LogP contribution < -0.4 is 0 Å². The van der Waals surface area contributed by atoms with Crippen LogP contribution in [0, 0.1) is 6.92 Å². The van der Waals surface area contributed by atoms with Crippen molar-refractivity contribution < 1.29 is 9.59 Å². The molecule has 0 radical (unpaired) electrons. The summed E-state index contributed by atoms with van der Waals surface area (Å²) >= 11 is 0. The van der Waals surface area contributed by atoms with Gasteiger partial charge in [0.2, 0.25) is 11.8 Å². The van der Waals surface area contributed by atoms with Gasteiger partial charge in [-0.15, -0.1) is 0 Å². The summed E-state index contributed by atoms with van der Waals surface area (Å²) in [6.45, 7) is 6.84. The summed E-state index contributed by atoms with van der Waals surface area (Å²) in [6.07, 6.45) is 2.76. The van der Waals surface area contributed by atoms with Crippen LogP contribution in [0.3, 0.4) is 0 Å². The minimum atomic E-state index is 0.189. The lowest BCUT2D eigenvalue weighted by atomic mass is 10.0. The van der Waals surface area contributed by atoms with Crippen LogP contribution in [-0.4, -0.2) is 47.8 Å². The highest BCUT2D eigenvalue weighted by molar-refractivity contribution is 5.77. The second-order valence-electron chi connectivity index (χ2n) is 5.90. The van der Waals surface area contributed by atoms with E-state index in [2.05, 4.69) is 19.1 Å². The van der Waals surface area contributed by atoms with E-state index in [0.717, 1.165) is 25.9 Å². The van der Waals surface area contributed by atoms with Gasteiger partial charge in [0.25, 0.3) is 0 Å². The molecular weight excluding hydrogens is 276 g/mol. The van der Waals surface area contributed by atoms with Gasteiger partial charge >= 0.3 is 0 Å². The highest BCUT2D eigenvalue weighted by Gasteiger charge is 2.20. The number of carbonyl (C=O) groups is 2. The zero-order valence-electron chi connectivity index (χ0n) is 13.7. The van der Waals surface area contributed by atoms with E-state index in [-0.39, 0.29) is 11.8 Å². The van der Waals surface area contributed by atoms with Gasteiger partial charge in [-0.3, -0.25) is 9.59 Å². The standard InChI is InChI=1S/C18H26N2O2/c1-3-17(21)19-11-6-12-20(14-13-19)18(22)10-9-16-8-5-4-7-15(16)2/h4-5,7-8H,3,6,9-14H2,1-2H3. The fourth-order valence-corrected chi connectivity index (χ4v) is 2.93. The summed E-state index contributed by atoms with van der Waals surface area (Å²) < 4.78 is 0. The Bertz CT molecular complexity index is 528. The monoisotopic (exact) mass is 302 g/mol. The maximum atomic E-state index is 12.4. The van der Waals surface area contributed by atoms with Crippen LogP contribution in [0.4, 0.5) is 0 Å². The molecule has 4 heteroatoms. The van der Waals surface area contributed by atoms with Crippen LogP contribution in [0.25, 0.3) is 0 Å². The zero-order valence-corrected chi connectivity index (χ0v) is 13.7. The molecule has 2 amide bonds. The molecule has 0 aliphatic carbocycles. The van der Waals surface area contributed by atoms with E-state index in [1.165, 1.54) is 11.1 Å². The third-order valence-electron chi connectivity index (χ3n) is 4.37. The van der Waals surface area contributed by atoms with Gasteiger partial charge in [-0.25, -0.2) is 0 Å². The van der Waals surface area contributed by atoms with Crippen molar-refractivity contribution in [2.24, 2.45) is 0 Å². The molecule has 1 aromatic rings. The largest absolute Gasteiger partial charge is 0.341 e. The number of hydrogen-bond donors (Lipinski definition) is 0. The number of hydrogen-bond acceptors (Lipinski definition) is 2. The van der Waals surface area contributed by atoms with E-state index >= 15 is 0 Å². The summed E-state index contributed by atoms with van der Waals surface area (Å²) in [5, 5.41) is 0.